The first kappa shape index (κ1) is 13.5. The first-order valence-electron chi connectivity index (χ1n) is 7.30. The topological polar surface area (TPSA) is 52.0 Å². The van der Waals surface area contributed by atoms with Crippen molar-refractivity contribution in [2.24, 2.45) is 0 Å². The molecule has 1 aromatic carbocycles. The SMILES string of the molecule is c1ccc(OCc2nn(-c3nccs3)c3c2CNCC3)cc1. The Bertz CT molecular complexity index is 752. The van der Waals surface area contributed by atoms with Crippen LogP contribution in [0.3, 0.4) is 0 Å². The van der Waals surface area contributed by atoms with E-state index in [-0.39, 0.29) is 0 Å². The highest BCUT2D eigenvalue weighted by atomic mass is 32.1. The quantitative estimate of drug-likeness (QED) is 0.804. The molecule has 112 valence electrons. The van der Waals surface area contributed by atoms with Gasteiger partial charge in [0.25, 0.3) is 0 Å². The predicted molar refractivity (Wildman–Crippen MR) is 85.4 cm³/mol. The van der Waals surface area contributed by atoms with Gasteiger partial charge >= 0.3 is 0 Å². The Labute approximate surface area is 132 Å². The molecule has 1 N–H and O–H groups in total. The van der Waals surface area contributed by atoms with Crippen LogP contribution >= 0.6 is 11.3 Å². The van der Waals surface area contributed by atoms with Crippen LogP contribution in [0.2, 0.25) is 0 Å². The van der Waals surface area contributed by atoms with E-state index < -0.39 is 0 Å². The minimum absolute atomic E-state index is 0.479. The Balaban J connectivity index is 1.65. The number of nitrogens with zero attached hydrogens (tertiary/aromatic N) is 3. The summed E-state index contributed by atoms with van der Waals surface area (Å²) >= 11 is 1.60. The molecule has 5 nitrogen and oxygen atoms in total. The average molecular weight is 312 g/mol. The van der Waals surface area contributed by atoms with Crippen molar-refractivity contribution in [2.75, 3.05) is 6.54 Å². The first-order valence-corrected chi connectivity index (χ1v) is 8.18. The molecule has 0 unspecified atom stereocenters. The lowest BCUT2D eigenvalue weighted by molar-refractivity contribution is 0.299. The molecule has 0 atom stereocenters. The van der Waals surface area contributed by atoms with Gasteiger partial charge in [0, 0.05) is 36.7 Å². The Kier molecular flexibility index (Phi) is 3.62. The Morgan fingerprint density at radius 2 is 2.18 bits per heavy atom. The molecule has 3 heterocycles. The number of nitrogens with one attached hydrogen (secondary N) is 1. The summed E-state index contributed by atoms with van der Waals surface area (Å²) in [6.07, 6.45) is 2.78. The van der Waals surface area contributed by atoms with Crippen molar-refractivity contribution >= 4 is 11.3 Å². The number of aromatic nitrogens is 3. The summed E-state index contributed by atoms with van der Waals surface area (Å²) in [5, 5.41) is 11.1. The largest absolute Gasteiger partial charge is 0.487 e. The van der Waals surface area contributed by atoms with Crippen LogP contribution in [0.5, 0.6) is 5.75 Å². The first-order chi connectivity index (χ1) is 10.9. The lowest BCUT2D eigenvalue weighted by Gasteiger charge is -2.14. The van der Waals surface area contributed by atoms with Gasteiger partial charge in [-0.2, -0.15) is 5.10 Å². The van der Waals surface area contributed by atoms with E-state index >= 15 is 0 Å². The number of hydrogen-bond acceptors (Lipinski definition) is 5. The van der Waals surface area contributed by atoms with E-state index in [2.05, 4.69) is 10.3 Å². The van der Waals surface area contributed by atoms with Crippen LogP contribution in [0.1, 0.15) is 17.0 Å². The monoisotopic (exact) mass is 312 g/mol. The fourth-order valence-electron chi connectivity index (χ4n) is 2.68. The molecule has 2 aromatic heterocycles. The van der Waals surface area contributed by atoms with Crippen LogP contribution in [0, 0.1) is 0 Å². The maximum Gasteiger partial charge on any atom is 0.210 e. The molecule has 0 bridgehead atoms. The zero-order valence-corrected chi connectivity index (χ0v) is 12.8. The molecular weight excluding hydrogens is 296 g/mol. The van der Waals surface area contributed by atoms with Gasteiger partial charge in [-0.25, -0.2) is 9.67 Å². The Morgan fingerprint density at radius 3 is 3.00 bits per heavy atom. The van der Waals surface area contributed by atoms with E-state index in [1.807, 2.05) is 46.6 Å². The van der Waals surface area contributed by atoms with Crippen LogP contribution in [0.25, 0.3) is 5.13 Å². The van der Waals surface area contributed by atoms with Gasteiger partial charge in [-0.15, -0.1) is 11.3 Å². The van der Waals surface area contributed by atoms with Crippen LogP contribution in [-0.2, 0) is 19.6 Å². The minimum atomic E-state index is 0.479. The van der Waals surface area contributed by atoms with Crippen molar-refractivity contribution < 1.29 is 4.74 Å². The molecule has 6 heteroatoms. The second-order valence-corrected chi connectivity index (χ2v) is 6.00. The molecule has 0 saturated heterocycles. The number of thiazole rings is 1. The molecule has 0 saturated carbocycles. The van der Waals surface area contributed by atoms with Crippen LogP contribution in [0.15, 0.2) is 41.9 Å². The van der Waals surface area contributed by atoms with Crippen molar-refractivity contribution in [1.82, 2.24) is 20.1 Å². The lowest BCUT2D eigenvalue weighted by atomic mass is 10.1. The standard InChI is InChI=1S/C16H16N4OS/c1-2-4-12(5-3-1)21-11-14-13-10-17-7-6-15(13)20(19-14)16-18-8-9-22-16/h1-5,8-9,17H,6-7,10-11H2. The highest BCUT2D eigenvalue weighted by Gasteiger charge is 2.22. The second-order valence-electron chi connectivity index (χ2n) is 5.13. The van der Waals surface area contributed by atoms with Gasteiger partial charge in [0.2, 0.25) is 5.13 Å². The molecule has 0 amide bonds. The molecule has 3 aromatic rings. The van der Waals surface area contributed by atoms with E-state index in [1.54, 1.807) is 11.3 Å². The zero-order valence-electron chi connectivity index (χ0n) is 12.0. The normalized spacial score (nSPS) is 13.8. The smallest absolute Gasteiger partial charge is 0.210 e. The van der Waals surface area contributed by atoms with Gasteiger partial charge in [0.05, 0.1) is 5.69 Å². The molecule has 1 aliphatic rings. The van der Waals surface area contributed by atoms with Crippen molar-refractivity contribution in [2.45, 2.75) is 19.6 Å². The fourth-order valence-corrected chi connectivity index (χ4v) is 3.30. The summed E-state index contributed by atoms with van der Waals surface area (Å²) in [4.78, 5) is 4.38. The second kappa shape index (κ2) is 5.90. The average Bonchev–Trinajstić information content (AvgIpc) is 3.22. The molecule has 0 aliphatic carbocycles. The van der Waals surface area contributed by atoms with Crippen LogP contribution in [-0.4, -0.2) is 21.3 Å². The number of fused-ring (bicyclic) bond motifs is 1. The third-order valence-electron chi connectivity index (χ3n) is 3.73. The summed E-state index contributed by atoms with van der Waals surface area (Å²) in [6, 6.07) is 9.85. The maximum atomic E-state index is 5.87. The summed E-state index contributed by atoms with van der Waals surface area (Å²) in [7, 11) is 0. The lowest BCUT2D eigenvalue weighted by Crippen LogP contribution is -2.25. The van der Waals surface area contributed by atoms with Crippen molar-refractivity contribution in [3.63, 3.8) is 0 Å². The van der Waals surface area contributed by atoms with Gasteiger partial charge in [0.15, 0.2) is 0 Å². The highest BCUT2D eigenvalue weighted by molar-refractivity contribution is 7.12. The van der Waals surface area contributed by atoms with Gasteiger partial charge in [-0.3, -0.25) is 0 Å². The number of ether oxygens (including phenoxy) is 1. The summed E-state index contributed by atoms with van der Waals surface area (Å²) in [6.45, 7) is 2.30. The third-order valence-corrected chi connectivity index (χ3v) is 4.48. The molecule has 0 spiro atoms. The number of hydrogen-bond donors (Lipinski definition) is 1. The van der Waals surface area contributed by atoms with E-state index in [0.29, 0.717) is 6.61 Å². The highest BCUT2D eigenvalue weighted by Crippen LogP contribution is 2.24. The molecule has 4 rings (SSSR count). The number of rotatable bonds is 4. The summed E-state index contributed by atoms with van der Waals surface area (Å²) < 4.78 is 7.84. The third kappa shape index (κ3) is 2.51. The van der Waals surface area contributed by atoms with Crippen molar-refractivity contribution in [3.8, 4) is 10.9 Å². The number of benzene rings is 1. The van der Waals surface area contributed by atoms with Crippen molar-refractivity contribution in [1.29, 1.82) is 0 Å². The zero-order chi connectivity index (χ0) is 14.8. The van der Waals surface area contributed by atoms with Gasteiger partial charge in [0.1, 0.15) is 18.1 Å². The molecule has 0 fully saturated rings. The summed E-state index contributed by atoms with van der Waals surface area (Å²) in [5.74, 6) is 0.865. The maximum absolute atomic E-state index is 5.87. The Hall–Kier alpha value is -2.18. The molecule has 0 radical (unpaired) electrons. The van der Waals surface area contributed by atoms with Crippen molar-refractivity contribution in [3.05, 3.63) is 58.9 Å². The predicted octanol–water partition coefficient (Wildman–Crippen LogP) is 2.55. The van der Waals surface area contributed by atoms with Gasteiger partial charge < -0.3 is 10.1 Å². The van der Waals surface area contributed by atoms with Crippen LogP contribution in [0.4, 0.5) is 0 Å². The van der Waals surface area contributed by atoms with Crippen LogP contribution < -0.4 is 10.1 Å². The van der Waals surface area contributed by atoms with Gasteiger partial charge in [-0.05, 0) is 12.1 Å². The molecular formula is C16H16N4OS. The summed E-state index contributed by atoms with van der Waals surface area (Å²) in [5.41, 5.74) is 3.49. The van der Waals surface area contributed by atoms with E-state index in [4.69, 9.17) is 9.84 Å². The molecule has 22 heavy (non-hydrogen) atoms. The van der Waals surface area contributed by atoms with Gasteiger partial charge in [-0.1, -0.05) is 18.2 Å². The fraction of sp³-hybridized carbons (Fsp3) is 0.250. The molecule has 1 aliphatic heterocycles. The number of para-hydroxylation sites is 1. The Morgan fingerprint density at radius 1 is 1.27 bits per heavy atom. The van der Waals surface area contributed by atoms with E-state index in [9.17, 15) is 0 Å². The minimum Gasteiger partial charge on any atom is -0.487 e. The van der Waals surface area contributed by atoms with E-state index in [1.165, 1.54) is 11.3 Å². The van der Waals surface area contributed by atoms with E-state index in [0.717, 1.165) is 36.1 Å².